The van der Waals surface area contributed by atoms with Crippen molar-refractivity contribution in [3.05, 3.63) is 96.4 Å². The highest BCUT2D eigenvalue weighted by Gasteiger charge is 2.21. The van der Waals surface area contributed by atoms with E-state index in [1.807, 2.05) is 72.8 Å². The summed E-state index contributed by atoms with van der Waals surface area (Å²) < 4.78 is 1.69. The van der Waals surface area contributed by atoms with Gasteiger partial charge in [-0.3, -0.25) is 9.78 Å². The molecule has 4 rings (SSSR count). The molecule has 2 heterocycles. The monoisotopic (exact) mass is 355 g/mol. The Bertz CT molecular complexity index is 1030. The zero-order valence-electron chi connectivity index (χ0n) is 14.5. The van der Waals surface area contributed by atoms with Gasteiger partial charge in [0.25, 0.3) is 5.91 Å². The second-order valence-electron chi connectivity index (χ2n) is 5.94. The van der Waals surface area contributed by atoms with Crippen molar-refractivity contribution in [3.63, 3.8) is 0 Å². The molecule has 0 unspecified atom stereocenters. The Morgan fingerprint density at radius 1 is 0.889 bits per heavy atom. The van der Waals surface area contributed by atoms with Gasteiger partial charge in [0.05, 0.1) is 5.69 Å². The number of carbonyl (C=O) groups excluding carboxylic acids is 1. The van der Waals surface area contributed by atoms with E-state index in [2.05, 4.69) is 20.6 Å². The molecule has 0 radical (unpaired) electrons. The predicted molar refractivity (Wildman–Crippen MR) is 102 cm³/mol. The number of amides is 1. The molecular weight excluding hydrogens is 338 g/mol. The van der Waals surface area contributed by atoms with Gasteiger partial charge in [0.15, 0.2) is 5.69 Å². The Hall–Kier alpha value is -3.80. The maximum Gasteiger partial charge on any atom is 0.274 e. The van der Waals surface area contributed by atoms with Crippen LogP contribution >= 0.6 is 0 Å². The van der Waals surface area contributed by atoms with E-state index in [9.17, 15) is 4.79 Å². The van der Waals surface area contributed by atoms with Crippen molar-refractivity contribution in [2.75, 3.05) is 0 Å². The minimum absolute atomic E-state index is 0.271. The molecule has 0 fully saturated rings. The molecule has 2 aromatic heterocycles. The number of rotatable bonds is 5. The highest BCUT2D eigenvalue weighted by atomic mass is 16.2. The van der Waals surface area contributed by atoms with Crippen molar-refractivity contribution < 1.29 is 4.79 Å². The summed E-state index contributed by atoms with van der Waals surface area (Å²) in [5.41, 5.74) is 3.64. The second kappa shape index (κ2) is 7.61. The second-order valence-corrected chi connectivity index (χ2v) is 5.94. The first-order chi connectivity index (χ1) is 13.3. The van der Waals surface area contributed by atoms with Crippen LogP contribution in [0.15, 0.2) is 85.2 Å². The fraction of sp³-hybridized carbons (Fsp3) is 0.0476. The number of nitrogens with zero attached hydrogens (tertiary/aromatic N) is 4. The molecule has 2 aromatic carbocycles. The van der Waals surface area contributed by atoms with Crippen molar-refractivity contribution in [1.29, 1.82) is 0 Å². The molecule has 27 heavy (non-hydrogen) atoms. The van der Waals surface area contributed by atoms with Crippen LogP contribution in [0.1, 0.15) is 16.1 Å². The van der Waals surface area contributed by atoms with Gasteiger partial charge in [-0.1, -0.05) is 53.7 Å². The highest BCUT2D eigenvalue weighted by Crippen LogP contribution is 2.25. The summed E-state index contributed by atoms with van der Waals surface area (Å²) in [6.07, 6.45) is 3.39. The first kappa shape index (κ1) is 16.7. The molecule has 0 saturated heterocycles. The van der Waals surface area contributed by atoms with Gasteiger partial charge in [-0.05, 0) is 29.8 Å². The fourth-order valence-corrected chi connectivity index (χ4v) is 2.81. The lowest BCUT2D eigenvalue weighted by Gasteiger charge is -2.09. The molecule has 1 N–H and O–H groups in total. The van der Waals surface area contributed by atoms with Gasteiger partial charge in [0, 0.05) is 24.5 Å². The molecule has 0 aliphatic rings. The van der Waals surface area contributed by atoms with Gasteiger partial charge in [0.1, 0.15) is 5.69 Å². The molecule has 6 nitrogen and oxygen atoms in total. The van der Waals surface area contributed by atoms with E-state index in [-0.39, 0.29) is 5.91 Å². The normalized spacial score (nSPS) is 10.5. The largest absolute Gasteiger partial charge is 0.346 e. The van der Waals surface area contributed by atoms with Gasteiger partial charge in [0.2, 0.25) is 0 Å². The minimum atomic E-state index is -0.271. The number of para-hydroxylation sites is 1. The Morgan fingerprint density at radius 2 is 1.56 bits per heavy atom. The van der Waals surface area contributed by atoms with Crippen molar-refractivity contribution in [3.8, 4) is 16.9 Å². The van der Waals surface area contributed by atoms with Crippen molar-refractivity contribution in [2.24, 2.45) is 0 Å². The fourth-order valence-electron chi connectivity index (χ4n) is 2.81. The Kier molecular flexibility index (Phi) is 4.70. The summed E-state index contributed by atoms with van der Waals surface area (Å²) >= 11 is 0. The maximum atomic E-state index is 12.8. The SMILES string of the molecule is O=C(NCc1ccncc1)c1nnn(-c2ccccc2)c1-c1ccccc1. The van der Waals surface area contributed by atoms with Crippen LogP contribution in [-0.2, 0) is 6.54 Å². The minimum Gasteiger partial charge on any atom is -0.346 e. The van der Waals surface area contributed by atoms with Crippen LogP contribution in [0, 0.1) is 0 Å². The lowest BCUT2D eigenvalue weighted by Crippen LogP contribution is -2.24. The predicted octanol–water partition coefficient (Wildman–Crippen LogP) is 3.26. The van der Waals surface area contributed by atoms with Crippen LogP contribution in [0.4, 0.5) is 0 Å². The quantitative estimate of drug-likeness (QED) is 0.596. The summed E-state index contributed by atoms with van der Waals surface area (Å²) in [5.74, 6) is -0.271. The van der Waals surface area contributed by atoms with E-state index in [1.165, 1.54) is 0 Å². The number of hydrogen-bond donors (Lipinski definition) is 1. The van der Waals surface area contributed by atoms with Gasteiger partial charge >= 0.3 is 0 Å². The van der Waals surface area contributed by atoms with E-state index in [1.54, 1.807) is 17.1 Å². The van der Waals surface area contributed by atoms with Gasteiger partial charge < -0.3 is 5.32 Å². The molecule has 0 saturated carbocycles. The average molecular weight is 355 g/mol. The van der Waals surface area contributed by atoms with Crippen LogP contribution < -0.4 is 5.32 Å². The number of nitrogens with one attached hydrogen (secondary N) is 1. The third-order valence-electron chi connectivity index (χ3n) is 4.14. The summed E-state index contributed by atoms with van der Waals surface area (Å²) in [5, 5.41) is 11.3. The van der Waals surface area contributed by atoms with Gasteiger partial charge in [-0.15, -0.1) is 5.10 Å². The van der Waals surface area contributed by atoms with Crippen LogP contribution in [0.25, 0.3) is 16.9 Å². The Balaban J connectivity index is 1.70. The van der Waals surface area contributed by atoms with Crippen LogP contribution in [0.3, 0.4) is 0 Å². The van der Waals surface area contributed by atoms with E-state index < -0.39 is 0 Å². The van der Waals surface area contributed by atoms with E-state index in [0.717, 1.165) is 16.8 Å². The average Bonchev–Trinajstić information content (AvgIpc) is 3.19. The van der Waals surface area contributed by atoms with Crippen molar-refractivity contribution in [1.82, 2.24) is 25.3 Å². The van der Waals surface area contributed by atoms with Gasteiger partial charge in [-0.25, -0.2) is 4.68 Å². The molecule has 6 heteroatoms. The summed E-state index contributed by atoms with van der Waals surface area (Å²) in [7, 11) is 0. The van der Waals surface area contributed by atoms with E-state index in [0.29, 0.717) is 17.9 Å². The van der Waals surface area contributed by atoms with E-state index in [4.69, 9.17) is 0 Å². The van der Waals surface area contributed by atoms with Crippen molar-refractivity contribution in [2.45, 2.75) is 6.54 Å². The van der Waals surface area contributed by atoms with Gasteiger partial charge in [-0.2, -0.15) is 0 Å². The molecule has 4 aromatic rings. The molecule has 1 amide bonds. The smallest absolute Gasteiger partial charge is 0.274 e. The molecule has 132 valence electrons. The molecule has 0 atom stereocenters. The molecule has 0 aliphatic carbocycles. The summed E-state index contributed by atoms with van der Waals surface area (Å²) in [6.45, 7) is 0.397. The van der Waals surface area contributed by atoms with Crippen LogP contribution in [-0.4, -0.2) is 25.9 Å². The Labute approximate surface area is 156 Å². The molecular formula is C21H17N5O. The zero-order valence-corrected chi connectivity index (χ0v) is 14.5. The number of hydrogen-bond acceptors (Lipinski definition) is 4. The molecule has 0 bridgehead atoms. The third-order valence-corrected chi connectivity index (χ3v) is 4.14. The molecule has 0 aliphatic heterocycles. The zero-order chi connectivity index (χ0) is 18.5. The summed E-state index contributed by atoms with van der Waals surface area (Å²) in [6, 6.07) is 23.0. The topological polar surface area (TPSA) is 72.7 Å². The number of pyridine rings is 1. The first-order valence-electron chi connectivity index (χ1n) is 8.56. The Morgan fingerprint density at radius 3 is 2.26 bits per heavy atom. The molecule has 0 spiro atoms. The van der Waals surface area contributed by atoms with Crippen LogP contribution in [0.5, 0.6) is 0 Å². The number of benzene rings is 2. The first-order valence-corrected chi connectivity index (χ1v) is 8.56. The summed E-state index contributed by atoms with van der Waals surface area (Å²) in [4.78, 5) is 16.8. The third kappa shape index (κ3) is 3.59. The van der Waals surface area contributed by atoms with Crippen LogP contribution in [0.2, 0.25) is 0 Å². The lowest BCUT2D eigenvalue weighted by molar-refractivity contribution is 0.0946. The lowest BCUT2D eigenvalue weighted by atomic mass is 10.1. The maximum absolute atomic E-state index is 12.8. The number of carbonyl (C=O) groups is 1. The van der Waals surface area contributed by atoms with Crippen molar-refractivity contribution >= 4 is 5.91 Å². The standard InChI is InChI=1S/C21H17N5O/c27-21(23-15-16-11-13-22-14-12-16)19-20(17-7-3-1-4-8-17)26(25-24-19)18-9-5-2-6-10-18/h1-14H,15H2,(H,23,27). The highest BCUT2D eigenvalue weighted by molar-refractivity contribution is 5.98. The van der Waals surface area contributed by atoms with E-state index >= 15 is 0 Å². The number of aromatic nitrogens is 4.